The maximum absolute atomic E-state index is 4.33. The predicted molar refractivity (Wildman–Crippen MR) is 72.6 cm³/mol. The van der Waals surface area contributed by atoms with E-state index in [-0.39, 0.29) is 6.04 Å². The van der Waals surface area contributed by atoms with Gasteiger partial charge in [-0.25, -0.2) is 9.97 Å². The SMILES string of the molecule is C[C@@H](Nc1ncnc2c1cnn2C)c1ccccn1. The molecular weight excluding hydrogens is 240 g/mol. The molecule has 1 atom stereocenters. The minimum atomic E-state index is 0.0690. The van der Waals surface area contributed by atoms with Crippen LogP contribution in [0.4, 0.5) is 5.82 Å². The Hall–Kier alpha value is -2.50. The van der Waals surface area contributed by atoms with Gasteiger partial charge in [0.2, 0.25) is 0 Å². The Labute approximate surface area is 110 Å². The lowest BCUT2D eigenvalue weighted by Gasteiger charge is -2.14. The van der Waals surface area contributed by atoms with Crippen LogP contribution in [-0.4, -0.2) is 24.7 Å². The summed E-state index contributed by atoms with van der Waals surface area (Å²) in [5, 5.41) is 8.45. The third-order valence-electron chi connectivity index (χ3n) is 3.01. The van der Waals surface area contributed by atoms with E-state index in [1.807, 2.05) is 32.2 Å². The molecule has 6 nitrogen and oxygen atoms in total. The average molecular weight is 254 g/mol. The summed E-state index contributed by atoms with van der Waals surface area (Å²) in [4.78, 5) is 12.8. The molecule has 0 aliphatic rings. The van der Waals surface area contributed by atoms with E-state index in [1.165, 1.54) is 6.33 Å². The first-order chi connectivity index (χ1) is 9.25. The van der Waals surface area contributed by atoms with Crippen molar-refractivity contribution in [3.05, 3.63) is 42.6 Å². The minimum absolute atomic E-state index is 0.0690. The standard InChI is InChI=1S/C13H14N6/c1-9(11-5-3-4-6-14-11)18-12-10-7-17-19(2)13(10)16-8-15-12/h3-9H,1-2H3,(H,15,16,18)/t9-/m1/s1. The maximum atomic E-state index is 4.33. The number of hydrogen-bond acceptors (Lipinski definition) is 5. The van der Waals surface area contributed by atoms with Crippen molar-refractivity contribution < 1.29 is 0 Å². The van der Waals surface area contributed by atoms with E-state index in [9.17, 15) is 0 Å². The van der Waals surface area contributed by atoms with E-state index in [1.54, 1.807) is 17.1 Å². The van der Waals surface area contributed by atoms with Crippen LogP contribution in [0.2, 0.25) is 0 Å². The molecule has 0 aromatic carbocycles. The zero-order chi connectivity index (χ0) is 13.2. The van der Waals surface area contributed by atoms with Crippen LogP contribution in [0.15, 0.2) is 36.9 Å². The van der Waals surface area contributed by atoms with Crippen molar-refractivity contribution in [2.75, 3.05) is 5.32 Å². The molecule has 3 heterocycles. The summed E-state index contributed by atoms with van der Waals surface area (Å²) < 4.78 is 1.73. The Balaban J connectivity index is 1.93. The molecule has 0 spiro atoms. The summed E-state index contributed by atoms with van der Waals surface area (Å²) in [7, 11) is 1.86. The van der Waals surface area contributed by atoms with Gasteiger partial charge in [-0.05, 0) is 19.1 Å². The van der Waals surface area contributed by atoms with Crippen LogP contribution in [0.5, 0.6) is 0 Å². The zero-order valence-electron chi connectivity index (χ0n) is 10.8. The van der Waals surface area contributed by atoms with Crippen LogP contribution in [0.1, 0.15) is 18.7 Å². The number of aryl methyl sites for hydroxylation is 1. The highest BCUT2D eigenvalue weighted by molar-refractivity contribution is 5.86. The van der Waals surface area contributed by atoms with Crippen LogP contribution in [0, 0.1) is 0 Å². The van der Waals surface area contributed by atoms with Gasteiger partial charge in [-0.1, -0.05) is 6.07 Å². The van der Waals surface area contributed by atoms with Crippen molar-refractivity contribution in [3.63, 3.8) is 0 Å². The molecule has 0 aliphatic heterocycles. The molecular formula is C13H14N6. The summed E-state index contributed by atoms with van der Waals surface area (Å²) in [6.07, 6.45) is 5.09. The second-order valence-corrected chi connectivity index (χ2v) is 4.35. The second kappa shape index (κ2) is 4.64. The second-order valence-electron chi connectivity index (χ2n) is 4.35. The number of hydrogen-bond donors (Lipinski definition) is 1. The van der Waals surface area contributed by atoms with Gasteiger partial charge >= 0.3 is 0 Å². The molecule has 0 radical (unpaired) electrons. The van der Waals surface area contributed by atoms with E-state index < -0.39 is 0 Å². The molecule has 3 aromatic heterocycles. The first kappa shape index (κ1) is 11.6. The number of pyridine rings is 1. The van der Waals surface area contributed by atoms with Crippen molar-refractivity contribution >= 4 is 16.9 Å². The molecule has 6 heteroatoms. The minimum Gasteiger partial charge on any atom is -0.361 e. The van der Waals surface area contributed by atoms with Crippen molar-refractivity contribution in [3.8, 4) is 0 Å². The fraction of sp³-hybridized carbons (Fsp3) is 0.231. The van der Waals surface area contributed by atoms with Gasteiger partial charge in [-0.3, -0.25) is 9.67 Å². The number of fused-ring (bicyclic) bond motifs is 1. The van der Waals surface area contributed by atoms with E-state index in [4.69, 9.17) is 0 Å². The molecule has 0 saturated heterocycles. The lowest BCUT2D eigenvalue weighted by atomic mass is 10.2. The van der Waals surface area contributed by atoms with Crippen molar-refractivity contribution in [2.24, 2.45) is 7.05 Å². The molecule has 0 aliphatic carbocycles. The molecule has 0 saturated carbocycles. The van der Waals surface area contributed by atoms with Crippen LogP contribution >= 0.6 is 0 Å². The molecule has 0 amide bonds. The molecule has 3 rings (SSSR count). The van der Waals surface area contributed by atoms with Crippen molar-refractivity contribution in [2.45, 2.75) is 13.0 Å². The van der Waals surface area contributed by atoms with E-state index in [0.29, 0.717) is 0 Å². The summed E-state index contributed by atoms with van der Waals surface area (Å²) in [6.45, 7) is 2.05. The van der Waals surface area contributed by atoms with Gasteiger partial charge in [0.1, 0.15) is 12.1 Å². The highest BCUT2D eigenvalue weighted by atomic mass is 15.3. The lowest BCUT2D eigenvalue weighted by Crippen LogP contribution is -2.09. The smallest absolute Gasteiger partial charge is 0.163 e. The number of anilines is 1. The molecule has 0 unspecified atom stereocenters. The Morgan fingerprint density at radius 2 is 2.11 bits per heavy atom. The molecule has 0 fully saturated rings. The highest BCUT2D eigenvalue weighted by Gasteiger charge is 2.11. The van der Waals surface area contributed by atoms with Crippen LogP contribution in [-0.2, 0) is 7.05 Å². The molecule has 19 heavy (non-hydrogen) atoms. The predicted octanol–water partition coefficient (Wildman–Crippen LogP) is 1.93. The van der Waals surface area contributed by atoms with Crippen LogP contribution in [0.25, 0.3) is 11.0 Å². The Bertz CT molecular complexity index is 691. The van der Waals surface area contributed by atoms with Gasteiger partial charge in [-0.15, -0.1) is 0 Å². The average Bonchev–Trinajstić information content (AvgIpc) is 2.83. The maximum Gasteiger partial charge on any atom is 0.163 e. The van der Waals surface area contributed by atoms with Gasteiger partial charge in [0.05, 0.1) is 23.3 Å². The van der Waals surface area contributed by atoms with E-state index >= 15 is 0 Å². The number of nitrogens with zero attached hydrogens (tertiary/aromatic N) is 5. The summed E-state index contributed by atoms with van der Waals surface area (Å²) in [5.74, 6) is 0.774. The fourth-order valence-electron chi connectivity index (χ4n) is 1.99. The van der Waals surface area contributed by atoms with Crippen LogP contribution < -0.4 is 5.32 Å². The summed E-state index contributed by atoms with van der Waals surface area (Å²) >= 11 is 0. The summed E-state index contributed by atoms with van der Waals surface area (Å²) in [5.41, 5.74) is 1.78. The molecule has 3 aromatic rings. The van der Waals surface area contributed by atoms with Crippen molar-refractivity contribution in [1.29, 1.82) is 0 Å². The van der Waals surface area contributed by atoms with Crippen LogP contribution in [0.3, 0.4) is 0 Å². The fourth-order valence-corrected chi connectivity index (χ4v) is 1.99. The molecule has 0 bridgehead atoms. The first-order valence-corrected chi connectivity index (χ1v) is 6.06. The van der Waals surface area contributed by atoms with Gasteiger partial charge in [0.15, 0.2) is 5.65 Å². The Kier molecular flexibility index (Phi) is 2.83. The van der Waals surface area contributed by atoms with Gasteiger partial charge in [-0.2, -0.15) is 5.10 Å². The van der Waals surface area contributed by atoms with E-state index in [2.05, 4.69) is 25.4 Å². The van der Waals surface area contributed by atoms with Gasteiger partial charge in [0.25, 0.3) is 0 Å². The quantitative estimate of drug-likeness (QED) is 0.773. The lowest BCUT2D eigenvalue weighted by molar-refractivity contribution is 0.785. The summed E-state index contributed by atoms with van der Waals surface area (Å²) in [6, 6.07) is 5.93. The van der Waals surface area contributed by atoms with Gasteiger partial charge in [0, 0.05) is 13.2 Å². The number of aromatic nitrogens is 5. The Morgan fingerprint density at radius 1 is 1.21 bits per heavy atom. The molecule has 1 N–H and O–H groups in total. The Morgan fingerprint density at radius 3 is 2.89 bits per heavy atom. The van der Waals surface area contributed by atoms with Crippen molar-refractivity contribution in [1.82, 2.24) is 24.7 Å². The van der Waals surface area contributed by atoms with E-state index in [0.717, 1.165) is 22.5 Å². The van der Waals surface area contributed by atoms with Gasteiger partial charge < -0.3 is 5.32 Å². The third kappa shape index (κ3) is 2.12. The first-order valence-electron chi connectivity index (χ1n) is 6.06. The normalized spacial score (nSPS) is 12.5. The highest BCUT2D eigenvalue weighted by Crippen LogP contribution is 2.22. The number of rotatable bonds is 3. The molecule has 96 valence electrons. The zero-order valence-corrected chi connectivity index (χ0v) is 10.8. The monoisotopic (exact) mass is 254 g/mol. The topological polar surface area (TPSA) is 68.5 Å². The number of nitrogens with one attached hydrogen (secondary N) is 1. The third-order valence-corrected chi connectivity index (χ3v) is 3.01. The largest absolute Gasteiger partial charge is 0.361 e.